The van der Waals surface area contributed by atoms with Crippen LogP contribution in [0.1, 0.15) is 86.9 Å². The molecular weight excluding hydrogens is 470 g/mol. The average molecular weight is 508 g/mol. The Balaban J connectivity index is 1.85. The van der Waals surface area contributed by atoms with Crippen molar-refractivity contribution < 1.29 is 19.5 Å². The maximum absolute atomic E-state index is 13.4. The summed E-state index contributed by atoms with van der Waals surface area (Å²) < 4.78 is 0. The Morgan fingerprint density at radius 3 is 2.16 bits per heavy atom. The van der Waals surface area contributed by atoms with E-state index in [1.165, 1.54) is 6.92 Å². The number of nitrogens with one attached hydrogen (secondary N) is 2. The Morgan fingerprint density at radius 2 is 1.68 bits per heavy atom. The lowest BCUT2D eigenvalue weighted by atomic mass is 9.78. The number of nitrogens with zero attached hydrogens (tertiary/aromatic N) is 2. The Morgan fingerprint density at radius 1 is 1.11 bits per heavy atom. The molecule has 0 radical (unpaired) electrons. The van der Waals surface area contributed by atoms with Crippen LogP contribution in [0.15, 0.2) is 24.3 Å². The van der Waals surface area contributed by atoms with Crippen molar-refractivity contribution >= 4 is 23.4 Å². The lowest BCUT2D eigenvalue weighted by molar-refractivity contribution is -0.126. The third-order valence-electron chi connectivity index (χ3n) is 6.45. The zero-order valence-electron chi connectivity index (χ0n) is 22.7. The molecule has 2 amide bonds. The fraction of sp³-hybridized carbons (Fsp3) is 0.464. The molecule has 1 unspecified atom stereocenters. The quantitative estimate of drug-likeness (QED) is 0.423. The van der Waals surface area contributed by atoms with Crippen molar-refractivity contribution in [2.24, 2.45) is 5.73 Å². The second-order valence-electron chi connectivity index (χ2n) is 11.7. The van der Waals surface area contributed by atoms with Crippen LogP contribution in [-0.4, -0.2) is 51.0 Å². The minimum Gasteiger partial charge on any atom is -0.507 e. The van der Waals surface area contributed by atoms with Crippen LogP contribution in [0.5, 0.6) is 5.75 Å². The van der Waals surface area contributed by atoms with Gasteiger partial charge in [-0.25, -0.2) is 4.98 Å². The van der Waals surface area contributed by atoms with Crippen LogP contribution in [0.3, 0.4) is 0 Å². The van der Waals surface area contributed by atoms with Gasteiger partial charge < -0.3 is 21.1 Å². The van der Waals surface area contributed by atoms with Gasteiger partial charge in [-0.15, -0.1) is 0 Å². The van der Waals surface area contributed by atoms with Crippen molar-refractivity contribution in [3.05, 3.63) is 57.9 Å². The van der Waals surface area contributed by atoms with Gasteiger partial charge in [0, 0.05) is 47.8 Å². The van der Waals surface area contributed by atoms with Crippen LogP contribution in [-0.2, 0) is 33.4 Å². The number of pyridine rings is 1. The van der Waals surface area contributed by atoms with Crippen LogP contribution >= 0.6 is 0 Å². The van der Waals surface area contributed by atoms with E-state index in [9.17, 15) is 19.5 Å². The highest BCUT2D eigenvalue weighted by atomic mass is 16.3. The van der Waals surface area contributed by atoms with E-state index in [-0.39, 0.29) is 47.1 Å². The van der Waals surface area contributed by atoms with E-state index in [4.69, 9.17) is 11.1 Å². The Labute approximate surface area is 218 Å². The van der Waals surface area contributed by atoms with E-state index in [0.717, 1.165) is 5.56 Å². The number of carbonyl (C=O) groups excluding carboxylic acids is 3. The number of Topliss-reactive ketones (excluding diaryl/α,β-unsaturated/α-hetero) is 1. The van der Waals surface area contributed by atoms with Crippen molar-refractivity contribution in [1.82, 2.24) is 15.2 Å². The molecule has 3 rings (SSSR count). The molecule has 9 nitrogen and oxygen atoms in total. The fourth-order valence-corrected chi connectivity index (χ4v) is 4.42. The summed E-state index contributed by atoms with van der Waals surface area (Å²) in [7, 11) is 0. The molecule has 37 heavy (non-hydrogen) atoms. The minimum absolute atomic E-state index is 0.0156. The largest absolute Gasteiger partial charge is 0.507 e. The summed E-state index contributed by atoms with van der Waals surface area (Å²) in [6.07, 6.45) is 0.104. The van der Waals surface area contributed by atoms with E-state index in [2.05, 4.69) is 10.3 Å². The van der Waals surface area contributed by atoms with Crippen LogP contribution < -0.4 is 11.1 Å². The molecule has 1 aliphatic rings. The van der Waals surface area contributed by atoms with Crippen LogP contribution in [0.2, 0.25) is 0 Å². The molecular formula is C28H37N5O4. The molecule has 0 saturated carbocycles. The standard InChI is InChI=1S/C28H37N5O4/c1-15(34)31-21(26(30)37)12-18-9-8-16-13-33(25(29)23(16)32-18)14-22(35)17-10-19(27(2,3)4)24(36)20(11-17)28(5,6)7/h8-11,21,29,36H,12-14H2,1-7H3,(H2,30,37)(H,31,34). The first-order valence-electron chi connectivity index (χ1n) is 12.3. The number of fused-ring (bicyclic) bond motifs is 1. The predicted octanol–water partition coefficient (Wildman–Crippen LogP) is 2.94. The number of rotatable bonds is 7. The normalized spacial score (nSPS) is 14.4. The van der Waals surface area contributed by atoms with Crippen molar-refractivity contribution in [3.8, 4) is 5.75 Å². The van der Waals surface area contributed by atoms with Gasteiger partial charge in [0.25, 0.3) is 0 Å². The molecule has 0 spiro atoms. The number of phenolic OH excluding ortho intramolecular Hbond substituents is 1. The van der Waals surface area contributed by atoms with Gasteiger partial charge in [0.1, 0.15) is 23.3 Å². The van der Waals surface area contributed by atoms with E-state index in [0.29, 0.717) is 34.6 Å². The Kier molecular flexibility index (Phi) is 7.49. The first-order chi connectivity index (χ1) is 17.0. The lowest BCUT2D eigenvalue weighted by Crippen LogP contribution is -2.45. The number of phenols is 1. The minimum atomic E-state index is -0.903. The summed E-state index contributed by atoms with van der Waals surface area (Å²) in [6.45, 7) is 13.6. The summed E-state index contributed by atoms with van der Waals surface area (Å²) in [6, 6.07) is 6.16. The van der Waals surface area contributed by atoms with Crippen LogP contribution in [0.25, 0.3) is 0 Å². The van der Waals surface area contributed by atoms with Gasteiger partial charge in [-0.05, 0) is 29.0 Å². The highest BCUT2D eigenvalue weighted by Crippen LogP contribution is 2.40. The van der Waals surface area contributed by atoms with Crippen LogP contribution in [0.4, 0.5) is 0 Å². The molecule has 0 aliphatic carbocycles. The molecule has 0 fully saturated rings. The molecule has 0 bridgehead atoms. The first-order valence-corrected chi connectivity index (χ1v) is 12.3. The number of ketones is 1. The summed E-state index contributed by atoms with van der Waals surface area (Å²) in [5.41, 5.74) is 8.33. The molecule has 198 valence electrons. The van der Waals surface area contributed by atoms with Crippen molar-refractivity contribution in [1.29, 1.82) is 5.41 Å². The summed E-state index contributed by atoms with van der Waals surface area (Å²) >= 11 is 0. The SMILES string of the molecule is CC(=O)NC(Cc1ccc2c(n1)C(=N)N(CC(=O)c1cc(C(C)(C)C)c(O)c(C(C)(C)C)c1)C2)C(N)=O. The van der Waals surface area contributed by atoms with E-state index < -0.39 is 11.9 Å². The number of aromatic hydroxyl groups is 1. The third kappa shape index (κ3) is 6.15. The topological polar surface area (TPSA) is 149 Å². The summed E-state index contributed by atoms with van der Waals surface area (Å²) in [5.74, 6) is -0.874. The van der Waals surface area contributed by atoms with Gasteiger partial charge in [0.05, 0.1) is 6.54 Å². The molecule has 2 heterocycles. The van der Waals surface area contributed by atoms with E-state index in [1.807, 2.05) is 47.6 Å². The molecule has 5 N–H and O–H groups in total. The predicted molar refractivity (Wildman–Crippen MR) is 142 cm³/mol. The second kappa shape index (κ2) is 9.95. The smallest absolute Gasteiger partial charge is 0.240 e. The van der Waals surface area contributed by atoms with Crippen molar-refractivity contribution in [2.45, 2.75) is 78.3 Å². The number of amidine groups is 1. The molecule has 2 aromatic rings. The monoisotopic (exact) mass is 507 g/mol. The molecule has 1 aromatic carbocycles. The average Bonchev–Trinajstić information content (AvgIpc) is 3.06. The maximum Gasteiger partial charge on any atom is 0.240 e. The number of aromatic nitrogens is 1. The number of amides is 2. The molecule has 1 aromatic heterocycles. The number of hydrogen-bond acceptors (Lipinski definition) is 6. The number of carbonyl (C=O) groups is 3. The van der Waals surface area contributed by atoms with Gasteiger partial charge in [0.15, 0.2) is 5.78 Å². The maximum atomic E-state index is 13.4. The first kappa shape index (κ1) is 27.8. The van der Waals surface area contributed by atoms with Gasteiger partial charge in [-0.2, -0.15) is 0 Å². The van der Waals surface area contributed by atoms with Crippen molar-refractivity contribution in [2.75, 3.05) is 6.54 Å². The summed E-state index contributed by atoms with van der Waals surface area (Å²) in [5, 5.41) is 22.1. The highest BCUT2D eigenvalue weighted by molar-refractivity contribution is 6.04. The summed E-state index contributed by atoms with van der Waals surface area (Å²) in [4.78, 5) is 42.7. The van der Waals surface area contributed by atoms with Gasteiger partial charge in [0.2, 0.25) is 11.8 Å². The highest BCUT2D eigenvalue weighted by Gasteiger charge is 2.31. The van der Waals surface area contributed by atoms with Gasteiger partial charge in [-0.3, -0.25) is 19.8 Å². The zero-order valence-corrected chi connectivity index (χ0v) is 22.7. The Hall–Kier alpha value is -3.75. The molecule has 9 heteroatoms. The molecule has 0 saturated heterocycles. The third-order valence-corrected chi connectivity index (χ3v) is 6.45. The second-order valence-corrected chi connectivity index (χ2v) is 11.7. The number of benzene rings is 1. The molecule has 1 aliphatic heterocycles. The number of primary amides is 1. The van der Waals surface area contributed by atoms with Gasteiger partial charge >= 0.3 is 0 Å². The van der Waals surface area contributed by atoms with Crippen molar-refractivity contribution in [3.63, 3.8) is 0 Å². The fourth-order valence-electron chi connectivity index (χ4n) is 4.42. The lowest BCUT2D eigenvalue weighted by Gasteiger charge is -2.28. The number of hydrogen-bond donors (Lipinski definition) is 4. The Bertz CT molecular complexity index is 1240. The van der Waals surface area contributed by atoms with E-state index in [1.54, 1.807) is 23.1 Å². The van der Waals surface area contributed by atoms with Gasteiger partial charge in [-0.1, -0.05) is 47.6 Å². The molecule has 1 atom stereocenters. The number of nitrogens with two attached hydrogens (primary N) is 1. The zero-order chi connectivity index (χ0) is 27.9. The van der Waals surface area contributed by atoms with Crippen LogP contribution in [0, 0.1) is 5.41 Å². The van der Waals surface area contributed by atoms with E-state index >= 15 is 0 Å².